The van der Waals surface area contributed by atoms with Crippen LogP contribution in [0.3, 0.4) is 0 Å². The minimum atomic E-state index is -0.104. The molecular weight excluding hydrogens is 200 g/mol. The van der Waals surface area contributed by atoms with Gasteiger partial charge in [-0.05, 0) is 12.1 Å². The van der Waals surface area contributed by atoms with Gasteiger partial charge in [0.1, 0.15) is 5.15 Å². The standard InChI is InChI=1S/C10H11ClN2O/c1-10(2,3)9-13-8-6(14-9)4-5-7(11)12-8/h4-5H,1-3H3. The zero-order valence-electron chi connectivity index (χ0n) is 8.34. The highest BCUT2D eigenvalue weighted by Crippen LogP contribution is 2.25. The second-order valence-electron chi connectivity index (χ2n) is 4.22. The van der Waals surface area contributed by atoms with Crippen molar-refractivity contribution in [2.24, 2.45) is 0 Å². The maximum atomic E-state index is 5.75. The van der Waals surface area contributed by atoms with Crippen LogP contribution in [0.4, 0.5) is 0 Å². The van der Waals surface area contributed by atoms with Crippen LogP contribution in [-0.4, -0.2) is 9.97 Å². The lowest BCUT2D eigenvalue weighted by molar-refractivity contribution is 0.411. The molecule has 3 nitrogen and oxygen atoms in total. The van der Waals surface area contributed by atoms with Gasteiger partial charge >= 0.3 is 0 Å². The van der Waals surface area contributed by atoms with Gasteiger partial charge in [-0.2, -0.15) is 4.98 Å². The van der Waals surface area contributed by atoms with Crippen molar-refractivity contribution < 1.29 is 4.42 Å². The van der Waals surface area contributed by atoms with Crippen molar-refractivity contribution in [3.05, 3.63) is 23.2 Å². The fraction of sp³-hybridized carbons (Fsp3) is 0.400. The Morgan fingerprint density at radius 3 is 2.57 bits per heavy atom. The van der Waals surface area contributed by atoms with Gasteiger partial charge in [0.05, 0.1) is 0 Å². The van der Waals surface area contributed by atoms with Crippen LogP contribution in [0.2, 0.25) is 5.15 Å². The van der Waals surface area contributed by atoms with E-state index in [9.17, 15) is 0 Å². The summed E-state index contributed by atoms with van der Waals surface area (Å²) in [4.78, 5) is 8.35. The highest BCUT2D eigenvalue weighted by atomic mass is 35.5. The van der Waals surface area contributed by atoms with Crippen molar-refractivity contribution in [3.63, 3.8) is 0 Å². The van der Waals surface area contributed by atoms with E-state index in [1.807, 2.05) is 20.8 Å². The van der Waals surface area contributed by atoms with Gasteiger partial charge in [-0.15, -0.1) is 0 Å². The van der Waals surface area contributed by atoms with Crippen LogP contribution in [0.1, 0.15) is 26.7 Å². The van der Waals surface area contributed by atoms with Crippen LogP contribution in [-0.2, 0) is 5.41 Å². The average Bonchev–Trinajstić information content (AvgIpc) is 2.45. The number of nitrogens with zero attached hydrogens (tertiary/aromatic N) is 2. The normalized spacial score (nSPS) is 12.3. The maximum absolute atomic E-state index is 5.75. The molecule has 2 aromatic rings. The summed E-state index contributed by atoms with van der Waals surface area (Å²) in [5, 5.41) is 0.436. The number of fused-ring (bicyclic) bond motifs is 1. The predicted molar refractivity (Wildman–Crippen MR) is 55.5 cm³/mol. The summed E-state index contributed by atoms with van der Waals surface area (Å²) in [5.74, 6) is 0.683. The van der Waals surface area contributed by atoms with E-state index in [4.69, 9.17) is 16.0 Å². The molecule has 74 valence electrons. The summed E-state index contributed by atoms with van der Waals surface area (Å²) >= 11 is 5.75. The first-order valence-electron chi connectivity index (χ1n) is 4.40. The Bertz CT molecular complexity index is 470. The summed E-state index contributed by atoms with van der Waals surface area (Å²) in [6, 6.07) is 3.48. The fourth-order valence-electron chi connectivity index (χ4n) is 1.12. The molecule has 0 saturated heterocycles. The molecule has 2 rings (SSSR count). The Balaban J connectivity index is 2.63. The largest absolute Gasteiger partial charge is 0.438 e. The number of aromatic nitrogens is 2. The molecule has 0 fully saturated rings. The van der Waals surface area contributed by atoms with Crippen LogP contribution in [0, 0.1) is 0 Å². The summed E-state index contributed by atoms with van der Waals surface area (Å²) in [6.07, 6.45) is 0. The third-order valence-corrected chi connectivity index (χ3v) is 2.07. The minimum Gasteiger partial charge on any atom is -0.438 e. The van der Waals surface area contributed by atoms with Crippen LogP contribution >= 0.6 is 11.6 Å². The Hall–Kier alpha value is -1.09. The number of hydrogen-bond acceptors (Lipinski definition) is 3. The number of hydrogen-bond donors (Lipinski definition) is 0. The highest BCUT2D eigenvalue weighted by Gasteiger charge is 2.21. The van der Waals surface area contributed by atoms with Crippen molar-refractivity contribution in [2.75, 3.05) is 0 Å². The van der Waals surface area contributed by atoms with Gasteiger partial charge in [0.2, 0.25) is 5.89 Å². The van der Waals surface area contributed by atoms with E-state index in [0.29, 0.717) is 22.3 Å². The quantitative estimate of drug-likeness (QED) is 0.627. The zero-order chi connectivity index (χ0) is 10.3. The first-order chi connectivity index (χ1) is 6.47. The Kier molecular flexibility index (Phi) is 2.00. The van der Waals surface area contributed by atoms with Gasteiger partial charge < -0.3 is 4.42 Å². The van der Waals surface area contributed by atoms with E-state index in [-0.39, 0.29) is 5.41 Å². The molecule has 0 radical (unpaired) electrons. The topological polar surface area (TPSA) is 38.9 Å². The van der Waals surface area contributed by atoms with Crippen LogP contribution in [0.15, 0.2) is 16.5 Å². The molecule has 2 aromatic heterocycles. The molecule has 4 heteroatoms. The molecule has 0 aliphatic heterocycles. The summed E-state index contributed by atoms with van der Waals surface area (Å²) in [7, 11) is 0. The van der Waals surface area contributed by atoms with Crippen molar-refractivity contribution in [1.29, 1.82) is 0 Å². The first-order valence-corrected chi connectivity index (χ1v) is 4.78. The van der Waals surface area contributed by atoms with E-state index in [2.05, 4.69) is 9.97 Å². The third kappa shape index (κ3) is 1.60. The smallest absolute Gasteiger partial charge is 0.202 e. The van der Waals surface area contributed by atoms with E-state index < -0.39 is 0 Å². The molecular formula is C10H11ClN2O. The molecule has 0 aromatic carbocycles. The predicted octanol–water partition coefficient (Wildman–Crippen LogP) is 3.17. The third-order valence-electron chi connectivity index (χ3n) is 1.86. The first kappa shape index (κ1) is 9.46. The lowest BCUT2D eigenvalue weighted by atomic mass is 9.97. The van der Waals surface area contributed by atoms with Gasteiger partial charge in [-0.3, -0.25) is 0 Å². The Labute approximate surface area is 87.1 Å². The summed E-state index contributed by atoms with van der Waals surface area (Å²) in [5.41, 5.74) is 1.15. The number of pyridine rings is 1. The van der Waals surface area contributed by atoms with E-state index in [1.165, 1.54) is 0 Å². The van der Waals surface area contributed by atoms with Gasteiger partial charge in [-0.25, -0.2) is 4.98 Å². The Morgan fingerprint density at radius 2 is 1.93 bits per heavy atom. The van der Waals surface area contributed by atoms with Crippen LogP contribution in [0.5, 0.6) is 0 Å². The lowest BCUT2D eigenvalue weighted by Gasteiger charge is -2.11. The second-order valence-corrected chi connectivity index (χ2v) is 4.61. The van der Waals surface area contributed by atoms with Crippen molar-refractivity contribution in [2.45, 2.75) is 26.2 Å². The number of oxazole rings is 1. The minimum absolute atomic E-state index is 0.104. The molecule has 0 aliphatic rings. The maximum Gasteiger partial charge on any atom is 0.202 e. The highest BCUT2D eigenvalue weighted by molar-refractivity contribution is 6.29. The van der Waals surface area contributed by atoms with Crippen molar-refractivity contribution in [1.82, 2.24) is 9.97 Å². The Morgan fingerprint density at radius 1 is 1.21 bits per heavy atom. The van der Waals surface area contributed by atoms with Crippen LogP contribution in [0.25, 0.3) is 11.2 Å². The summed E-state index contributed by atoms with van der Waals surface area (Å²) in [6.45, 7) is 6.12. The van der Waals surface area contributed by atoms with Gasteiger partial charge in [0.25, 0.3) is 0 Å². The van der Waals surface area contributed by atoms with E-state index >= 15 is 0 Å². The molecule has 0 saturated carbocycles. The fourth-order valence-corrected chi connectivity index (χ4v) is 1.26. The molecule has 0 N–H and O–H groups in total. The van der Waals surface area contributed by atoms with Gasteiger partial charge in [0, 0.05) is 5.41 Å². The molecule has 0 aliphatic carbocycles. The van der Waals surface area contributed by atoms with E-state index in [1.54, 1.807) is 12.1 Å². The van der Waals surface area contributed by atoms with Gasteiger partial charge in [-0.1, -0.05) is 32.4 Å². The van der Waals surface area contributed by atoms with Crippen LogP contribution < -0.4 is 0 Å². The second kappa shape index (κ2) is 2.95. The SMILES string of the molecule is CC(C)(C)c1nc2nc(Cl)ccc2o1. The molecule has 0 amide bonds. The number of halogens is 1. The lowest BCUT2D eigenvalue weighted by Crippen LogP contribution is -2.11. The van der Waals surface area contributed by atoms with Crippen molar-refractivity contribution >= 4 is 22.8 Å². The van der Waals surface area contributed by atoms with Gasteiger partial charge in [0.15, 0.2) is 11.2 Å². The molecule has 2 heterocycles. The monoisotopic (exact) mass is 210 g/mol. The van der Waals surface area contributed by atoms with Crippen molar-refractivity contribution in [3.8, 4) is 0 Å². The summed E-state index contributed by atoms with van der Waals surface area (Å²) < 4.78 is 5.56. The zero-order valence-corrected chi connectivity index (χ0v) is 9.09. The molecule has 0 atom stereocenters. The number of rotatable bonds is 0. The molecule has 0 bridgehead atoms. The average molecular weight is 211 g/mol. The molecule has 0 spiro atoms. The molecule has 0 unspecified atom stereocenters. The molecule has 14 heavy (non-hydrogen) atoms. The van der Waals surface area contributed by atoms with E-state index in [0.717, 1.165) is 0 Å².